The van der Waals surface area contributed by atoms with Crippen molar-refractivity contribution in [2.75, 3.05) is 37.7 Å². The third-order valence-electron chi connectivity index (χ3n) is 4.73. The predicted molar refractivity (Wildman–Crippen MR) is 95.6 cm³/mol. The Labute approximate surface area is 152 Å². The highest BCUT2D eigenvalue weighted by Gasteiger charge is 2.30. The molecule has 0 radical (unpaired) electrons. The lowest BCUT2D eigenvalue weighted by Gasteiger charge is -2.26. The average Bonchev–Trinajstić information content (AvgIpc) is 3.12. The van der Waals surface area contributed by atoms with Crippen molar-refractivity contribution in [2.24, 2.45) is 0 Å². The number of amides is 1. The number of aromatic nitrogens is 1. The van der Waals surface area contributed by atoms with Gasteiger partial charge in [-0.2, -0.15) is 4.31 Å². The number of pyridine rings is 1. The van der Waals surface area contributed by atoms with Crippen molar-refractivity contribution >= 4 is 21.6 Å². The zero-order valence-corrected chi connectivity index (χ0v) is 15.0. The third-order valence-corrected chi connectivity index (χ3v) is 6.62. The molecule has 136 valence electrons. The number of fused-ring (bicyclic) bond motifs is 1. The summed E-state index contributed by atoms with van der Waals surface area (Å²) < 4.78 is 32.3. The van der Waals surface area contributed by atoms with Crippen LogP contribution in [0, 0.1) is 0 Å². The number of hydrogen-bond acceptors (Lipinski definition) is 5. The number of carbonyl (C=O) groups excluding carboxylic acids is 1. The Bertz CT molecular complexity index is 925. The van der Waals surface area contributed by atoms with E-state index in [0.29, 0.717) is 44.8 Å². The number of hydrogen-bond donors (Lipinski definition) is 0. The van der Waals surface area contributed by atoms with Gasteiger partial charge >= 0.3 is 0 Å². The summed E-state index contributed by atoms with van der Waals surface area (Å²) in [5.41, 5.74) is 2.22. The fraction of sp³-hybridized carbons (Fsp3) is 0.333. The van der Waals surface area contributed by atoms with Crippen LogP contribution >= 0.6 is 0 Å². The van der Waals surface area contributed by atoms with Gasteiger partial charge in [0.2, 0.25) is 10.0 Å². The predicted octanol–water partition coefficient (Wildman–Crippen LogP) is 1.31. The Morgan fingerprint density at radius 2 is 1.77 bits per heavy atom. The van der Waals surface area contributed by atoms with E-state index in [2.05, 4.69) is 4.98 Å². The Balaban J connectivity index is 1.62. The molecule has 1 fully saturated rings. The van der Waals surface area contributed by atoms with Crippen molar-refractivity contribution in [1.29, 1.82) is 0 Å². The fourth-order valence-electron chi connectivity index (χ4n) is 3.34. The van der Waals surface area contributed by atoms with E-state index >= 15 is 0 Å². The molecule has 1 amide bonds. The molecule has 8 heteroatoms. The summed E-state index contributed by atoms with van der Waals surface area (Å²) in [5.74, 6) is -0.102. The molecule has 1 aromatic heterocycles. The summed E-state index contributed by atoms with van der Waals surface area (Å²) in [7, 11) is -3.53. The summed E-state index contributed by atoms with van der Waals surface area (Å²) in [5, 5.41) is 0. The average molecular weight is 373 g/mol. The number of morpholine rings is 1. The summed E-state index contributed by atoms with van der Waals surface area (Å²) in [4.78, 5) is 18.6. The molecule has 3 heterocycles. The zero-order chi connectivity index (χ0) is 18.1. The molecule has 2 aliphatic heterocycles. The maximum Gasteiger partial charge on any atom is 0.258 e. The lowest BCUT2D eigenvalue weighted by Crippen LogP contribution is -2.40. The number of benzene rings is 1. The number of nitrogens with zero attached hydrogens (tertiary/aromatic N) is 3. The zero-order valence-electron chi connectivity index (χ0n) is 14.2. The molecule has 26 heavy (non-hydrogen) atoms. The van der Waals surface area contributed by atoms with Crippen LogP contribution in [0.3, 0.4) is 0 Å². The van der Waals surface area contributed by atoms with Gasteiger partial charge in [-0.25, -0.2) is 8.42 Å². The first kappa shape index (κ1) is 17.1. The number of ether oxygens (including phenoxy) is 1. The van der Waals surface area contributed by atoms with Crippen molar-refractivity contribution in [1.82, 2.24) is 9.29 Å². The monoisotopic (exact) mass is 373 g/mol. The highest BCUT2D eigenvalue weighted by molar-refractivity contribution is 7.89. The molecule has 4 rings (SSSR count). The minimum absolute atomic E-state index is 0.102. The van der Waals surface area contributed by atoms with Crippen LogP contribution in [0.5, 0.6) is 0 Å². The van der Waals surface area contributed by atoms with Gasteiger partial charge in [0.15, 0.2) is 0 Å². The molecule has 1 saturated heterocycles. The quantitative estimate of drug-likeness (QED) is 0.810. The SMILES string of the molecule is O=C(c1ccncc1)N1CCc2cc(S(=O)(=O)N3CCOCC3)ccc21. The highest BCUT2D eigenvalue weighted by Crippen LogP contribution is 2.32. The van der Waals surface area contributed by atoms with Gasteiger partial charge in [0.25, 0.3) is 5.91 Å². The molecular weight excluding hydrogens is 354 g/mol. The van der Waals surface area contributed by atoms with Gasteiger partial charge in [0.05, 0.1) is 18.1 Å². The second-order valence-electron chi connectivity index (χ2n) is 6.25. The molecule has 0 saturated carbocycles. The van der Waals surface area contributed by atoms with Crippen LogP contribution in [0.1, 0.15) is 15.9 Å². The van der Waals surface area contributed by atoms with Crippen LogP contribution in [-0.2, 0) is 21.2 Å². The first-order valence-electron chi connectivity index (χ1n) is 8.50. The van der Waals surface area contributed by atoms with E-state index in [1.807, 2.05) is 0 Å². The molecule has 0 unspecified atom stereocenters. The number of carbonyl (C=O) groups is 1. The van der Waals surface area contributed by atoms with E-state index in [1.54, 1.807) is 47.6 Å². The van der Waals surface area contributed by atoms with E-state index in [-0.39, 0.29) is 10.8 Å². The van der Waals surface area contributed by atoms with Gasteiger partial charge in [0.1, 0.15) is 0 Å². The molecule has 0 aliphatic carbocycles. The Hall–Kier alpha value is -2.29. The normalized spacial score (nSPS) is 17.9. The summed E-state index contributed by atoms with van der Waals surface area (Å²) in [6, 6.07) is 8.37. The Morgan fingerprint density at radius 1 is 1.04 bits per heavy atom. The van der Waals surface area contributed by atoms with Crippen molar-refractivity contribution in [3.05, 3.63) is 53.9 Å². The molecule has 2 aliphatic rings. The second-order valence-corrected chi connectivity index (χ2v) is 8.19. The van der Waals surface area contributed by atoms with Crippen LogP contribution in [-0.4, -0.2) is 56.5 Å². The summed E-state index contributed by atoms with van der Waals surface area (Å²) in [6.07, 6.45) is 3.81. The maximum atomic E-state index is 12.8. The van der Waals surface area contributed by atoms with Gasteiger partial charge in [-0.15, -0.1) is 0 Å². The number of anilines is 1. The smallest absolute Gasteiger partial charge is 0.258 e. The molecular formula is C18H19N3O4S. The third kappa shape index (κ3) is 3.00. The van der Waals surface area contributed by atoms with Crippen molar-refractivity contribution in [2.45, 2.75) is 11.3 Å². The lowest BCUT2D eigenvalue weighted by atomic mass is 10.1. The largest absolute Gasteiger partial charge is 0.379 e. The molecule has 0 atom stereocenters. The van der Waals surface area contributed by atoms with E-state index < -0.39 is 10.0 Å². The van der Waals surface area contributed by atoms with Crippen LogP contribution in [0.25, 0.3) is 0 Å². The summed E-state index contributed by atoms with van der Waals surface area (Å²) >= 11 is 0. The molecule has 7 nitrogen and oxygen atoms in total. The van der Waals surface area contributed by atoms with Crippen LogP contribution in [0.4, 0.5) is 5.69 Å². The van der Waals surface area contributed by atoms with Crippen LogP contribution in [0.15, 0.2) is 47.6 Å². The molecule has 0 spiro atoms. The first-order chi connectivity index (χ1) is 12.6. The fourth-order valence-corrected chi connectivity index (χ4v) is 4.80. The van der Waals surface area contributed by atoms with Gasteiger partial charge in [-0.05, 0) is 42.3 Å². The van der Waals surface area contributed by atoms with E-state index in [9.17, 15) is 13.2 Å². The van der Waals surface area contributed by atoms with Crippen LogP contribution in [0.2, 0.25) is 0 Å². The lowest BCUT2D eigenvalue weighted by molar-refractivity contribution is 0.0730. The second kappa shape index (κ2) is 6.79. The van der Waals surface area contributed by atoms with Crippen molar-refractivity contribution in [3.63, 3.8) is 0 Å². The number of rotatable bonds is 3. The van der Waals surface area contributed by atoms with Gasteiger partial charge in [0, 0.05) is 43.3 Å². The van der Waals surface area contributed by atoms with Crippen molar-refractivity contribution in [3.8, 4) is 0 Å². The molecule has 2 aromatic rings. The van der Waals surface area contributed by atoms with Gasteiger partial charge in [-0.3, -0.25) is 9.78 Å². The Morgan fingerprint density at radius 3 is 2.50 bits per heavy atom. The van der Waals surface area contributed by atoms with E-state index in [0.717, 1.165) is 11.3 Å². The topological polar surface area (TPSA) is 79.8 Å². The first-order valence-corrected chi connectivity index (χ1v) is 9.94. The minimum Gasteiger partial charge on any atom is -0.379 e. The maximum absolute atomic E-state index is 12.8. The highest BCUT2D eigenvalue weighted by atomic mass is 32.2. The standard InChI is InChI=1S/C18H19N3O4S/c22-18(14-3-6-19-7-4-14)21-8-5-15-13-16(1-2-17(15)21)26(23,24)20-9-11-25-12-10-20/h1-4,6-7,13H,5,8-12H2. The molecule has 0 N–H and O–H groups in total. The molecule has 0 bridgehead atoms. The van der Waals surface area contributed by atoms with Crippen LogP contribution < -0.4 is 4.90 Å². The number of sulfonamides is 1. The van der Waals surface area contributed by atoms with E-state index in [1.165, 1.54) is 4.31 Å². The van der Waals surface area contributed by atoms with Gasteiger partial charge in [-0.1, -0.05) is 0 Å². The van der Waals surface area contributed by atoms with E-state index in [4.69, 9.17) is 4.74 Å². The minimum atomic E-state index is -3.53. The van der Waals surface area contributed by atoms with Gasteiger partial charge < -0.3 is 9.64 Å². The molecule has 1 aromatic carbocycles. The summed E-state index contributed by atoms with van der Waals surface area (Å²) in [6.45, 7) is 2.10. The Kier molecular flexibility index (Phi) is 4.47. The van der Waals surface area contributed by atoms with Crippen molar-refractivity contribution < 1.29 is 17.9 Å².